The lowest BCUT2D eigenvalue weighted by Crippen LogP contribution is -2.46. The monoisotopic (exact) mass is 279 g/mol. The van der Waals surface area contributed by atoms with Gasteiger partial charge in [-0.1, -0.05) is 18.2 Å². The van der Waals surface area contributed by atoms with Gasteiger partial charge in [-0.2, -0.15) is 0 Å². The number of methoxy groups -OCH3 is 2. The average Bonchev–Trinajstić information content (AvgIpc) is 2.43. The summed E-state index contributed by atoms with van der Waals surface area (Å²) in [4.78, 5) is 35.0. The molecule has 108 valence electrons. The molecule has 1 rings (SSSR count). The van der Waals surface area contributed by atoms with Crippen molar-refractivity contribution in [1.29, 1.82) is 0 Å². The van der Waals surface area contributed by atoms with E-state index in [1.165, 1.54) is 6.92 Å². The second-order valence-electron chi connectivity index (χ2n) is 4.15. The molecule has 6 heteroatoms. The smallest absolute Gasteiger partial charge is 0.336 e. The molecule has 1 aromatic carbocycles. The number of ketones is 1. The highest BCUT2D eigenvalue weighted by atomic mass is 16.5. The van der Waals surface area contributed by atoms with E-state index < -0.39 is 23.7 Å². The van der Waals surface area contributed by atoms with E-state index in [4.69, 9.17) is 4.74 Å². The van der Waals surface area contributed by atoms with Crippen molar-refractivity contribution in [3.05, 3.63) is 35.4 Å². The van der Waals surface area contributed by atoms with Crippen LogP contribution in [0.25, 0.3) is 0 Å². The molecule has 0 aliphatic carbocycles. The van der Waals surface area contributed by atoms with E-state index in [-0.39, 0.29) is 0 Å². The molecule has 1 amide bonds. The van der Waals surface area contributed by atoms with Gasteiger partial charge in [-0.25, -0.2) is 4.79 Å². The first-order chi connectivity index (χ1) is 9.49. The molecule has 0 saturated carbocycles. The van der Waals surface area contributed by atoms with Crippen molar-refractivity contribution < 1.29 is 23.9 Å². The highest BCUT2D eigenvalue weighted by Gasteiger charge is 2.29. The van der Waals surface area contributed by atoms with Gasteiger partial charge in [0.2, 0.25) is 5.91 Å². The van der Waals surface area contributed by atoms with Crippen LogP contribution in [-0.2, 0) is 25.7 Å². The quantitative estimate of drug-likeness (QED) is 0.471. The number of hydrogen-bond acceptors (Lipinski definition) is 5. The van der Waals surface area contributed by atoms with Crippen LogP contribution < -0.4 is 5.32 Å². The second kappa shape index (κ2) is 7.40. The Hall–Kier alpha value is -2.21. The van der Waals surface area contributed by atoms with Crippen molar-refractivity contribution in [2.45, 2.75) is 19.6 Å². The first-order valence-electron chi connectivity index (χ1n) is 5.96. The Morgan fingerprint density at radius 1 is 1.25 bits per heavy atom. The van der Waals surface area contributed by atoms with E-state index in [1.807, 2.05) is 0 Å². The Balaban J connectivity index is 3.02. The third kappa shape index (κ3) is 4.17. The minimum atomic E-state index is -1.34. The lowest BCUT2D eigenvalue weighted by Gasteiger charge is -2.14. The van der Waals surface area contributed by atoms with Gasteiger partial charge in [-0.3, -0.25) is 9.59 Å². The predicted molar refractivity (Wildman–Crippen MR) is 71.1 cm³/mol. The highest BCUT2D eigenvalue weighted by molar-refractivity contribution is 6.13. The van der Waals surface area contributed by atoms with Gasteiger partial charge in [0.1, 0.15) is 0 Å². The van der Waals surface area contributed by atoms with Crippen LogP contribution in [-0.4, -0.2) is 37.9 Å². The maximum Gasteiger partial charge on any atom is 0.336 e. The number of Topliss-reactive ketones (excluding diaryl/α,β-unsaturated/α-hetero) is 1. The average molecular weight is 279 g/mol. The van der Waals surface area contributed by atoms with Crippen LogP contribution in [0.2, 0.25) is 0 Å². The number of amides is 1. The Bertz CT molecular complexity index is 512. The number of rotatable bonds is 6. The molecule has 1 N–H and O–H groups in total. The summed E-state index contributed by atoms with van der Waals surface area (Å²) >= 11 is 0. The van der Waals surface area contributed by atoms with Gasteiger partial charge in [-0.15, -0.1) is 0 Å². The van der Waals surface area contributed by atoms with Crippen LogP contribution in [0.4, 0.5) is 0 Å². The zero-order chi connectivity index (χ0) is 15.1. The lowest BCUT2D eigenvalue weighted by atomic mass is 10.0. The first-order valence-corrected chi connectivity index (χ1v) is 5.96. The van der Waals surface area contributed by atoms with E-state index in [1.54, 1.807) is 31.4 Å². The van der Waals surface area contributed by atoms with Crippen molar-refractivity contribution in [3.63, 3.8) is 0 Å². The van der Waals surface area contributed by atoms with Gasteiger partial charge in [0.25, 0.3) is 0 Å². The molecular weight excluding hydrogens is 262 g/mol. The molecule has 0 bridgehead atoms. The number of hydrogen-bond donors (Lipinski definition) is 1. The molecule has 1 unspecified atom stereocenters. The van der Waals surface area contributed by atoms with Crippen molar-refractivity contribution >= 4 is 17.7 Å². The van der Waals surface area contributed by atoms with Crippen molar-refractivity contribution in [3.8, 4) is 0 Å². The Morgan fingerprint density at radius 3 is 2.50 bits per heavy atom. The van der Waals surface area contributed by atoms with Crippen LogP contribution in [0.5, 0.6) is 0 Å². The van der Waals surface area contributed by atoms with Gasteiger partial charge in [0.05, 0.1) is 13.7 Å². The highest BCUT2D eigenvalue weighted by Crippen LogP contribution is 2.10. The summed E-state index contributed by atoms with van der Waals surface area (Å²) in [6.45, 7) is 1.58. The summed E-state index contributed by atoms with van der Waals surface area (Å²) in [6.07, 6.45) is 0. The van der Waals surface area contributed by atoms with Crippen LogP contribution in [0, 0.1) is 0 Å². The molecule has 0 fully saturated rings. The largest absolute Gasteiger partial charge is 0.467 e. The maximum absolute atomic E-state index is 12.3. The summed E-state index contributed by atoms with van der Waals surface area (Å²) in [7, 11) is 2.70. The molecule has 0 aliphatic heterocycles. The molecule has 0 saturated heterocycles. The van der Waals surface area contributed by atoms with E-state index >= 15 is 0 Å². The summed E-state index contributed by atoms with van der Waals surface area (Å²) in [5.74, 6) is -1.81. The van der Waals surface area contributed by atoms with Gasteiger partial charge >= 0.3 is 5.97 Å². The molecule has 6 nitrogen and oxygen atoms in total. The summed E-state index contributed by atoms with van der Waals surface area (Å²) in [5.41, 5.74) is 1.11. The molecule has 0 aromatic heterocycles. The third-order valence-corrected chi connectivity index (χ3v) is 2.57. The Labute approximate surface area is 117 Å². The fourth-order valence-electron chi connectivity index (χ4n) is 1.70. The lowest BCUT2D eigenvalue weighted by molar-refractivity contribution is -0.143. The van der Waals surface area contributed by atoms with Crippen molar-refractivity contribution in [2.24, 2.45) is 0 Å². The number of ether oxygens (including phenoxy) is 2. The number of benzene rings is 1. The van der Waals surface area contributed by atoms with E-state index in [9.17, 15) is 14.4 Å². The van der Waals surface area contributed by atoms with Crippen LogP contribution in [0.15, 0.2) is 24.3 Å². The zero-order valence-electron chi connectivity index (χ0n) is 11.6. The van der Waals surface area contributed by atoms with Gasteiger partial charge < -0.3 is 14.8 Å². The summed E-state index contributed by atoms with van der Waals surface area (Å²) in [5, 5.41) is 2.29. The van der Waals surface area contributed by atoms with Gasteiger partial charge in [0.15, 0.2) is 11.8 Å². The number of esters is 1. The second-order valence-corrected chi connectivity index (χ2v) is 4.15. The predicted octanol–water partition coefficient (Wildman–Crippen LogP) is 0.693. The van der Waals surface area contributed by atoms with Gasteiger partial charge in [0, 0.05) is 19.6 Å². The summed E-state index contributed by atoms with van der Waals surface area (Å²) in [6, 6.07) is 5.33. The molecule has 0 spiro atoms. The van der Waals surface area contributed by atoms with Crippen molar-refractivity contribution in [2.75, 3.05) is 14.2 Å². The van der Waals surface area contributed by atoms with Crippen LogP contribution >= 0.6 is 0 Å². The van der Waals surface area contributed by atoms with Crippen LogP contribution in [0.3, 0.4) is 0 Å². The van der Waals surface area contributed by atoms with Crippen molar-refractivity contribution in [1.82, 2.24) is 5.32 Å². The summed E-state index contributed by atoms with van der Waals surface area (Å²) < 4.78 is 9.52. The standard InChI is InChI=1S/C14H17NO5/c1-9(16)15-12(14(18)20-3)13(17)11-6-4-5-10(7-11)8-19-2/h4-7,12H,8H2,1-3H3,(H,15,16). The number of nitrogens with one attached hydrogen (secondary N) is 1. The maximum atomic E-state index is 12.3. The molecule has 0 radical (unpaired) electrons. The van der Waals surface area contributed by atoms with E-state index in [0.29, 0.717) is 12.2 Å². The molecule has 1 atom stereocenters. The number of carbonyl (C=O) groups is 3. The number of carbonyl (C=O) groups excluding carboxylic acids is 3. The topological polar surface area (TPSA) is 81.7 Å². The van der Waals surface area contributed by atoms with E-state index in [0.717, 1.165) is 12.7 Å². The third-order valence-electron chi connectivity index (χ3n) is 2.57. The first kappa shape index (κ1) is 15.8. The molecule has 0 aliphatic rings. The fourth-order valence-corrected chi connectivity index (χ4v) is 1.70. The van der Waals surface area contributed by atoms with Crippen LogP contribution in [0.1, 0.15) is 22.8 Å². The minimum absolute atomic E-state index is 0.309. The Morgan fingerprint density at radius 2 is 1.95 bits per heavy atom. The molecular formula is C14H17NO5. The normalized spacial score (nSPS) is 11.6. The molecule has 0 heterocycles. The fraction of sp³-hybridized carbons (Fsp3) is 0.357. The molecule has 20 heavy (non-hydrogen) atoms. The minimum Gasteiger partial charge on any atom is -0.467 e. The zero-order valence-corrected chi connectivity index (χ0v) is 11.6. The van der Waals surface area contributed by atoms with Gasteiger partial charge in [-0.05, 0) is 11.6 Å². The molecule has 1 aromatic rings. The van der Waals surface area contributed by atoms with E-state index in [2.05, 4.69) is 10.1 Å². The Kier molecular flexibility index (Phi) is 5.86. The SMILES string of the molecule is COCc1cccc(C(=O)C(NC(C)=O)C(=O)OC)c1.